The van der Waals surface area contributed by atoms with E-state index >= 15 is 0 Å². The average molecular weight is 361 g/mol. The molecule has 0 aromatic heterocycles. The third-order valence-electron chi connectivity index (χ3n) is 4.20. The molecule has 132 valence electrons. The zero-order chi connectivity index (χ0) is 17.8. The molecule has 1 aliphatic heterocycles. The van der Waals surface area contributed by atoms with Crippen molar-refractivity contribution in [3.05, 3.63) is 53.1 Å². The standard InChI is InChI=1S/C19H21ClN2O3/c1-13(22(2)12-14-3-5-15(20)6-4-14)19(23)21-16-7-8-17-18(11-16)25-10-9-24-17/h3-8,11,13H,9-10,12H2,1-2H3,(H,21,23). The largest absolute Gasteiger partial charge is 0.486 e. The average Bonchev–Trinajstić information content (AvgIpc) is 2.62. The van der Waals surface area contributed by atoms with Crippen LogP contribution in [0.5, 0.6) is 11.5 Å². The van der Waals surface area contributed by atoms with Gasteiger partial charge in [0.1, 0.15) is 13.2 Å². The Morgan fingerprint density at radius 2 is 1.84 bits per heavy atom. The van der Waals surface area contributed by atoms with Crippen LogP contribution in [0.4, 0.5) is 5.69 Å². The molecule has 6 heteroatoms. The number of hydrogen-bond acceptors (Lipinski definition) is 4. The van der Waals surface area contributed by atoms with Crippen LogP contribution in [-0.4, -0.2) is 37.1 Å². The zero-order valence-electron chi connectivity index (χ0n) is 14.3. The number of nitrogens with one attached hydrogen (secondary N) is 1. The molecular weight excluding hydrogens is 340 g/mol. The number of amides is 1. The maximum Gasteiger partial charge on any atom is 0.241 e. The van der Waals surface area contributed by atoms with Crippen LogP contribution < -0.4 is 14.8 Å². The van der Waals surface area contributed by atoms with Crippen molar-refractivity contribution in [2.75, 3.05) is 25.6 Å². The van der Waals surface area contributed by atoms with E-state index < -0.39 is 0 Å². The molecule has 0 saturated carbocycles. The van der Waals surface area contributed by atoms with Crippen molar-refractivity contribution in [2.24, 2.45) is 0 Å². The second-order valence-corrected chi connectivity index (χ2v) is 6.50. The number of rotatable bonds is 5. The molecule has 1 atom stereocenters. The van der Waals surface area contributed by atoms with Crippen molar-refractivity contribution in [1.29, 1.82) is 0 Å². The summed E-state index contributed by atoms with van der Waals surface area (Å²) in [6, 6.07) is 12.8. The van der Waals surface area contributed by atoms with Crippen LogP contribution in [0.25, 0.3) is 0 Å². The summed E-state index contributed by atoms with van der Waals surface area (Å²) in [5.74, 6) is 1.29. The number of carbonyl (C=O) groups is 1. The predicted octanol–water partition coefficient (Wildman–Crippen LogP) is 3.57. The molecule has 0 fully saturated rings. The van der Waals surface area contributed by atoms with Gasteiger partial charge in [-0.1, -0.05) is 23.7 Å². The highest BCUT2D eigenvalue weighted by atomic mass is 35.5. The van der Waals surface area contributed by atoms with E-state index in [2.05, 4.69) is 5.32 Å². The third kappa shape index (κ3) is 4.44. The van der Waals surface area contributed by atoms with E-state index in [-0.39, 0.29) is 11.9 Å². The Bertz CT molecular complexity index is 749. The Balaban J connectivity index is 1.60. The first-order valence-corrected chi connectivity index (χ1v) is 8.56. The SMILES string of the molecule is CC(C(=O)Nc1ccc2c(c1)OCCO2)N(C)Cc1ccc(Cl)cc1. The van der Waals surface area contributed by atoms with Crippen LogP contribution in [0.2, 0.25) is 5.02 Å². The summed E-state index contributed by atoms with van der Waals surface area (Å²) in [6.07, 6.45) is 0. The predicted molar refractivity (Wildman–Crippen MR) is 98.4 cm³/mol. The number of likely N-dealkylation sites (N-methyl/N-ethyl adjacent to an activating group) is 1. The molecule has 0 saturated heterocycles. The molecule has 2 aromatic rings. The third-order valence-corrected chi connectivity index (χ3v) is 4.45. The Kier molecular flexibility index (Phi) is 5.46. The number of halogens is 1. The van der Waals surface area contributed by atoms with E-state index in [0.717, 1.165) is 5.56 Å². The van der Waals surface area contributed by atoms with Gasteiger partial charge < -0.3 is 14.8 Å². The summed E-state index contributed by atoms with van der Waals surface area (Å²) in [6.45, 7) is 3.60. The van der Waals surface area contributed by atoms with Gasteiger partial charge in [0.25, 0.3) is 0 Å². The van der Waals surface area contributed by atoms with Gasteiger partial charge in [0, 0.05) is 23.3 Å². The molecule has 0 radical (unpaired) electrons. The van der Waals surface area contributed by atoms with Gasteiger partial charge >= 0.3 is 0 Å². The van der Waals surface area contributed by atoms with E-state index in [1.807, 2.05) is 55.3 Å². The number of hydrogen-bond donors (Lipinski definition) is 1. The topological polar surface area (TPSA) is 50.8 Å². The van der Waals surface area contributed by atoms with Gasteiger partial charge in [0.15, 0.2) is 11.5 Å². The minimum atomic E-state index is -0.288. The highest BCUT2D eigenvalue weighted by molar-refractivity contribution is 6.30. The second kappa shape index (κ2) is 7.76. The number of anilines is 1. The van der Waals surface area contributed by atoms with Crippen LogP contribution >= 0.6 is 11.6 Å². The normalized spacial score (nSPS) is 14.2. The maximum absolute atomic E-state index is 12.5. The van der Waals surface area contributed by atoms with E-state index in [1.165, 1.54) is 0 Å². The van der Waals surface area contributed by atoms with E-state index in [0.29, 0.717) is 42.0 Å². The van der Waals surface area contributed by atoms with Crippen molar-refractivity contribution in [1.82, 2.24) is 4.90 Å². The number of fused-ring (bicyclic) bond motifs is 1. The second-order valence-electron chi connectivity index (χ2n) is 6.07. The van der Waals surface area contributed by atoms with Crippen LogP contribution in [0, 0.1) is 0 Å². The maximum atomic E-state index is 12.5. The molecule has 0 bridgehead atoms. The lowest BCUT2D eigenvalue weighted by atomic mass is 10.2. The number of nitrogens with zero attached hydrogens (tertiary/aromatic N) is 1. The smallest absolute Gasteiger partial charge is 0.241 e. The molecule has 1 N–H and O–H groups in total. The molecule has 3 rings (SSSR count). The van der Waals surface area contributed by atoms with Crippen LogP contribution in [-0.2, 0) is 11.3 Å². The van der Waals surface area contributed by atoms with Crippen LogP contribution in [0.1, 0.15) is 12.5 Å². The molecule has 1 heterocycles. The fourth-order valence-electron chi connectivity index (χ4n) is 2.58. The van der Waals surface area contributed by atoms with Crippen molar-refractivity contribution >= 4 is 23.2 Å². The first-order valence-electron chi connectivity index (χ1n) is 8.18. The number of carbonyl (C=O) groups excluding carboxylic acids is 1. The quantitative estimate of drug-likeness (QED) is 0.885. The Morgan fingerprint density at radius 3 is 2.56 bits per heavy atom. The molecular formula is C19H21ClN2O3. The Morgan fingerprint density at radius 1 is 1.16 bits per heavy atom. The van der Waals surface area contributed by atoms with Gasteiger partial charge in [-0.15, -0.1) is 0 Å². The fourth-order valence-corrected chi connectivity index (χ4v) is 2.71. The monoisotopic (exact) mass is 360 g/mol. The molecule has 25 heavy (non-hydrogen) atoms. The van der Waals surface area contributed by atoms with Gasteiger partial charge in [0.2, 0.25) is 5.91 Å². The first kappa shape index (κ1) is 17.6. The zero-order valence-corrected chi connectivity index (χ0v) is 15.0. The molecule has 1 unspecified atom stereocenters. The van der Waals surface area contributed by atoms with Gasteiger partial charge in [-0.3, -0.25) is 9.69 Å². The first-order chi connectivity index (χ1) is 12.0. The number of benzene rings is 2. The Hall–Kier alpha value is -2.24. The lowest BCUT2D eigenvalue weighted by Gasteiger charge is -2.24. The van der Waals surface area contributed by atoms with Gasteiger partial charge in [-0.05, 0) is 43.8 Å². The van der Waals surface area contributed by atoms with Crippen molar-refractivity contribution in [3.8, 4) is 11.5 Å². The molecule has 0 aliphatic carbocycles. The Labute approximate surface area is 152 Å². The highest BCUT2D eigenvalue weighted by Crippen LogP contribution is 2.32. The summed E-state index contributed by atoms with van der Waals surface area (Å²) in [5, 5.41) is 3.63. The molecule has 0 spiro atoms. The molecule has 2 aromatic carbocycles. The summed E-state index contributed by atoms with van der Waals surface area (Å²) < 4.78 is 11.0. The minimum absolute atomic E-state index is 0.0758. The van der Waals surface area contributed by atoms with E-state index in [9.17, 15) is 4.79 Å². The number of ether oxygens (including phenoxy) is 2. The van der Waals surface area contributed by atoms with E-state index in [4.69, 9.17) is 21.1 Å². The summed E-state index contributed by atoms with van der Waals surface area (Å²) >= 11 is 5.91. The van der Waals surface area contributed by atoms with Gasteiger partial charge in [-0.25, -0.2) is 0 Å². The summed E-state index contributed by atoms with van der Waals surface area (Å²) in [4.78, 5) is 14.5. The molecule has 1 aliphatic rings. The van der Waals surface area contributed by atoms with E-state index in [1.54, 1.807) is 6.07 Å². The lowest BCUT2D eigenvalue weighted by molar-refractivity contribution is -0.120. The molecule has 5 nitrogen and oxygen atoms in total. The molecule has 1 amide bonds. The van der Waals surface area contributed by atoms with Gasteiger partial charge in [-0.2, -0.15) is 0 Å². The van der Waals surface area contributed by atoms with Crippen molar-refractivity contribution < 1.29 is 14.3 Å². The minimum Gasteiger partial charge on any atom is -0.486 e. The summed E-state index contributed by atoms with van der Waals surface area (Å²) in [5.41, 5.74) is 1.80. The highest BCUT2D eigenvalue weighted by Gasteiger charge is 2.19. The van der Waals surface area contributed by atoms with Crippen molar-refractivity contribution in [2.45, 2.75) is 19.5 Å². The van der Waals surface area contributed by atoms with Crippen molar-refractivity contribution in [3.63, 3.8) is 0 Å². The summed E-state index contributed by atoms with van der Waals surface area (Å²) in [7, 11) is 1.92. The fraction of sp³-hybridized carbons (Fsp3) is 0.316. The lowest BCUT2D eigenvalue weighted by Crippen LogP contribution is -2.39. The van der Waals surface area contributed by atoms with Gasteiger partial charge in [0.05, 0.1) is 6.04 Å². The van der Waals surface area contributed by atoms with Crippen LogP contribution in [0.3, 0.4) is 0 Å². The van der Waals surface area contributed by atoms with Crippen LogP contribution in [0.15, 0.2) is 42.5 Å².